The second-order valence-electron chi connectivity index (χ2n) is 9.70. The van der Waals surface area contributed by atoms with E-state index in [0.717, 1.165) is 56.1 Å². The molecule has 1 fully saturated rings. The molecular formula is C30H38FN3O5S. The number of piperidine rings is 1. The van der Waals surface area contributed by atoms with E-state index in [1.807, 2.05) is 23.9 Å². The maximum absolute atomic E-state index is 12.9. The highest BCUT2D eigenvalue weighted by Crippen LogP contribution is 2.32. The molecule has 10 heteroatoms. The first-order valence-corrected chi connectivity index (χ1v) is 14.5. The number of nitrogens with zero attached hydrogens (tertiary/aromatic N) is 3. The molecule has 0 aliphatic carbocycles. The van der Waals surface area contributed by atoms with Gasteiger partial charge in [0.15, 0.2) is 5.17 Å². The predicted molar refractivity (Wildman–Crippen MR) is 157 cm³/mol. The molecule has 0 atom stereocenters. The van der Waals surface area contributed by atoms with E-state index in [1.54, 1.807) is 0 Å². The molecule has 0 radical (unpaired) electrons. The molecule has 1 saturated heterocycles. The molecule has 2 aromatic rings. The van der Waals surface area contributed by atoms with Crippen molar-refractivity contribution in [2.24, 2.45) is 4.99 Å². The number of likely N-dealkylation sites (tertiary alicyclic amines) is 1. The molecule has 2 aliphatic heterocycles. The number of hydrogen-bond acceptors (Lipinski definition) is 7. The molecule has 0 aromatic heterocycles. The quantitative estimate of drug-likeness (QED) is 0.280. The minimum atomic E-state index is -1.26. The van der Waals surface area contributed by atoms with Crippen molar-refractivity contribution in [1.29, 1.82) is 0 Å². The second-order valence-corrected chi connectivity index (χ2v) is 10.6. The Morgan fingerprint density at radius 1 is 1.05 bits per heavy atom. The normalized spacial score (nSPS) is 15.6. The summed E-state index contributed by atoms with van der Waals surface area (Å²) in [5.41, 5.74) is 3.59. The first-order valence-electron chi connectivity index (χ1n) is 13.5. The van der Waals surface area contributed by atoms with Crippen molar-refractivity contribution in [2.45, 2.75) is 43.9 Å². The van der Waals surface area contributed by atoms with Crippen LogP contribution in [0.4, 0.5) is 10.1 Å². The summed E-state index contributed by atoms with van der Waals surface area (Å²) >= 11 is 1.86. The lowest BCUT2D eigenvalue weighted by atomic mass is 10.0. The molecule has 40 heavy (non-hydrogen) atoms. The number of carboxylic acid groups (broad SMARTS) is 2. The number of halogens is 1. The summed E-state index contributed by atoms with van der Waals surface area (Å²) < 4.78 is 18.7. The summed E-state index contributed by atoms with van der Waals surface area (Å²) in [7, 11) is 2.21. The SMILES string of the molecule is CN(C1=Nc2ccccc2CS1)C1CCN(CCCCOCCc2ccc(F)cc2)CC1.O=C(O)/C=C/C(=O)O. The minimum absolute atomic E-state index is 0.183. The molecule has 0 unspecified atom stereocenters. The number of aliphatic carboxylic acids is 2. The Bertz CT molecular complexity index is 1130. The number of hydrogen-bond donors (Lipinski definition) is 2. The van der Waals surface area contributed by atoms with E-state index in [0.29, 0.717) is 24.8 Å². The highest BCUT2D eigenvalue weighted by molar-refractivity contribution is 8.13. The van der Waals surface area contributed by atoms with Crippen LogP contribution >= 0.6 is 11.8 Å². The van der Waals surface area contributed by atoms with Gasteiger partial charge in [0, 0.05) is 50.7 Å². The van der Waals surface area contributed by atoms with Gasteiger partial charge in [-0.1, -0.05) is 42.1 Å². The number of amidine groups is 1. The minimum Gasteiger partial charge on any atom is -0.478 e. The van der Waals surface area contributed by atoms with Crippen LogP contribution in [0, 0.1) is 5.82 Å². The number of fused-ring (bicyclic) bond motifs is 1. The van der Waals surface area contributed by atoms with E-state index < -0.39 is 11.9 Å². The fourth-order valence-electron chi connectivity index (χ4n) is 4.51. The molecule has 0 spiro atoms. The Morgan fingerprint density at radius 2 is 1.73 bits per heavy atom. The molecule has 4 rings (SSSR count). The third-order valence-corrected chi connectivity index (χ3v) is 7.89. The van der Waals surface area contributed by atoms with Gasteiger partial charge in [-0.15, -0.1) is 0 Å². The monoisotopic (exact) mass is 571 g/mol. The van der Waals surface area contributed by atoms with Crippen molar-refractivity contribution in [3.05, 3.63) is 77.6 Å². The number of benzene rings is 2. The third-order valence-electron chi connectivity index (χ3n) is 6.80. The Morgan fingerprint density at radius 3 is 2.40 bits per heavy atom. The fraction of sp³-hybridized carbons (Fsp3) is 0.433. The van der Waals surface area contributed by atoms with Gasteiger partial charge in [-0.25, -0.2) is 19.0 Å². The second kappa shape index (κ2) is 16.8. The molecular weight excluding hydrogens is 533 g/mol. The van der Waals surface area contributed by atoms with E-state index >= 15 is 0 Å². The molecule has 2 aromatic carbocycles. The van der Waals surface area contributed by atoms with Crippen LogP contribution < -0.4 is 0 Å². The smallest absolute Gasteiger partial charge is 0.328 e. The number of unbranched alkanes of at least 4 members (excludes halogenated alkanes) is 1. The van der Waals surface area contributed by atoms with Crippen LogP contribution in [-0.4, -0.2) is 83.1 Å². The lowest BCUT2D eigenvalue weighted by molar-refractivity contribution is -0.134. The largest absolute Gasteiger partial charge is 0.478 e. The number of aliphatic imine (C=N–C) groups is 1. The summed E-state index contributed by atoms with van der Waals surface area (Å²) in [6, 6.07) is 15.7. The van der Waals surface area contributed by atoms with E-state index in [1.165, 1.54) is 42.1 Å². The van der Waals surface area contributed by atoms with Crippen molar-refractivity contribution >= 4 is 34.6 Å². The van der Waals surface area contributed by atoms with Crippen molar-refractivity contribution in [3.8, 4) is 0 Å². The van der Waals surface area contributed by atoms with Gasteiger partial charge in [-0.2, -0.15) is 0 Å². The maximum Gasteiger partial charge on any atom is 0.328 e. The first kappa shape index (κ1) is 31.3. The lowest BCUT2D eigenvalue weighted by Gasteiger charge is -2.38. The van der Waals surface area contributed by atoms with Crippen LogP contribution in [0.25, 0.3) is 0 Å². The van der Waals surface area contributed by atoms with Gasteiger partial charge in [-0.05, 0) is 68.0 Å². The van der Waals surface area contributed by atoms with Gasteiger partial charge in [-0.3, -0.25) is 0 Å². The fourth-order valence-corrected chi connectivity index (χ4v) is 5.56. The van der Waals surface area contributed by atoms with Crippen LogP contribution in [0.5, 0.6) is 0 Å². The summed E-state index contributed by atoms with van der Waals surface area (Å²) in [6.07, 6.45) is 6.63. The predicted octanol–water partition coefficient (Wildman–Crippen LogP) is 5.21. The van der Waals surface area contributed by atoms with Gasteiger partial charge >= 0.3 is 11.9 Å². The standard InChI is InChI=1S/C26H34FN3OS.C4H4O4/c1-29(26-28-25-7-3-2-6-22(25)20-32-26)24-12-16-30(17-13-24)15-4-5-18-31-19-14-21-8-10-23(27)11-9-21;5-3(6)1-2-4(7)8/h2-3,6-11,24H,4-5,12-20H2,1H3;1-2H,(H,5,6)(H,7,8)/b;2-1+. The average molecular weight is 572 g/mol. The molecule has 0 amide bonds. The number of carbonyl (C=O) groups is 2. The number of ether oxygens (including phenoxy) is 1. The topological polar surface area (TPSA) is 103 Å². The van der Waals surface area contributed by atoms with E-state index in [9.17, 15) is 14.0 Å². The summed E-state index contributed by atoms with van der Waals surface area (Å²) in [5, 5.41) is 16.8. The van der Waals surface area contributed by atoms with Crippen molar-refractivity contribution < 1.29 is 28.9 Å². The summed E-state index contributed by atoms with van der Waals surface area (Å²) in [4.78, 5) is 29.0. The van der Waals surface area contributed by atoms with Crippen LogP contribution in [-0.2, 0) is 26.5 Å². The summed E-state index contributed by atoms with van der Waals surface area (Å²) in [5.74, 6) is -1.68. The number of para-hydroxylation sites is 1. The van der Waals surface area contributed by atoms with E-state index in [-0.39, 0.29) is 5.82 Å². The Hall–Kier alpha value is -3.21. The zero-order valence-electron chi connectivity index (χ0n) is 22.9. The molecule has 2 N–H and O–H groups in total. The first-order chi connectivity index (χ1) is 19.3. The van der Waals surface area contributed by atoms with Gasteiger partial charge in [0.1, 0.15) is 5.82 Å². The molecule has 216 valence electrons. The zero-order chi connectivity index (χ0) is 28.7. The number of carboxylic acids is 2. The van der Waals surface area contributed by atoms with Gasteiger partial charge < -0.3 is 24.7 Å². The number of thioether (sulfide) groups is 1. The molecule has 0 bridgehead atoms. The van der Waals surface area contributed by atoms with Crippen molar-refractivity contribution in [1.82, 2.24) is 9.80 Å². The van der Waals surface area contributed by atoms with Crippen LogP contribution in [0.15, 0.2) is 65.7 Å². The van der Waals surface area contributed by atoms with E-state index in [2.05, 4.69) is 41.1 Å². The zero-order valence-corrected chi connectivity index (χ0v) is 23.7. The average Bonchev–Trinajstić information content (AvgIpc) is 2.96. The van der Waals surface area contributed by atoms with Crippen LogP contribution in [0.3, 0.4) is 0 Å². The maximum atomic E-state index is 12.9. The van der Waals surface area contributed by atoms with E-state index in [4.69, 9.17) is 19.9 Å². The Labute approximate surface area is 239 Å². The Balaban J connectivity index is 0.000000482. The molecule has 0 saturated carbocycles. The molecule has 2 heterocycles. The van der Waals surface area contributed by atoms with Crippen LogP contribution in [0.1, 0.15) is 36.8 Å². The highest BCUT2D eigenvalue weighted by atomic mass is 32.2. The lowest BCUT2D eigenvalue weighted by Crippen LogP contribution is -2.45. The third kappa shape index (κ3) is 11.1. The van der Waals surface area contributed by atoms with Gasteiger partial charge in [0.2, 0.25) is 0 Å². The van der Waals surface area contributed by atoms with Crippen LogP contribution in [0.2, 0.25) is 0 Å². The van der Waals surface area contributed by atoms with Gasteiger partial charge in [0.25, 0.3) is 0 Å². The van der Waals surface area contributed by atoms with Crippen molar-refractivity contribution in [2.75, 3.05) is 39.9 Å². The highest BCUT2D eigenvalue weighted by Gasteiger charge is 2.26. The Kier molecular flexibility index (Phi) is 13.1. The molecule has 8 nitrogen and oxygen atoms in total. The molecule has 2 aliphatic rings. The van der Waals surface area contributed by atoms with Gasteiger partial charge in [0.05, 0.1) is 12.3 Å². The van der Waals surface area contributed by atoms with Crippen molar-refractivity contribution in [3.63, 3.8) is 0 Å². The number of rotatable bonds is 11. The summed E-state index contributed by atoms with van der Waals surface area (Å²) in [6.45, 7) is 4.99.